The molecule has 96 valence electrons. The second-order valence-electron chi connectivity index (χ2n) is 4.11. The molecule has 0 unspecified atom stereocenters. The van der Waals surface area contributed by atoms with E-state index in [4.69, 9.17) is 9.84 Å². The Morgan fingerprint density at radius 2 is 1.78 bits per heavy atom. The van der Waals surface area contributed by atoms with E-state index in [2.05, 4.69) is 0 Å². The van der Waals surface area contributed by atoms with Crippen molar-refractivity contribution in [2.24, 2.45) is 0 Å². The number of carbonyl (C=O) groups excluding carboxylic acids is 1. The molecule has 1 rings (SSSR count). The molecule has 0 heterocycles. The predicted molar refractivity (Wildman–Crippen MR) is 66.9 cm³/mol. The molecule has 0 aliphatic rings. The molecule has 0 radical (unpaired) electrons. The molecular formula is C14H16O4. The van der Waals surface area contributed by atoms with Gasteiger partial charge in [-0.3, -0.25) is 4.79 Å². The number of ether oxygens (including phenoxy) is 1. The van der Waals surface area contributed by atoms with E-state index in [0.717, 1.165) is 5.56 Å². The minimum atomic E-state index is -1.04. The fourth-order valence-electron chi connectivity index (χ4n) is 1.41. The maximum atomic E-state index is 11.8. The smallest absolute Gasteiger partial charge is 0.334 e. The third kappa shape index (κ3) is 4.41. The van der Waals surface area contributed by atoms with Crippen LogP contribution >= 0.6 is 0 Å². The van der Waals surface area contributed by atoms with Crippen molar-refractivity contribution in [1.82, 2.24) is 0 Å². The number of carbonyl (C=O) groups is 2. The number of hydrogen-bond acceptors (Lipinski definition) is 3. The second-order valence-corrected chi connectivity index (χ2v) is 4.11. The first kappa shape index (κ1) is 14.0. The number of hydrogen-bond donors (Lipinski definition) is 1. The van der Waals surface area contributed by atoms with Crippen LogP contribution in [0, 0.1) is 0 Å². The molecule has 0 fully saturated rings. The summed E-state index contributed by atoms with van der Waals surface area (Å²) in [6.07, 6.45) is -0.310. The molecule has 0 spiro atoms. The molecule has 4 heteroatoms. The Balaban J connectivity index is 2.64. The number of aliphatic carboxylic acids is 1. The van der Waals surface area contributed by atoms with E-state index in [-0.39, 0.29) is 18.6 Å². The monoisotopic (exact) mass is 248 g/mol. The molecule has 4 nitrogen and oxygen atoms in total. The van der Waals surface area contributed by atoms with E-state index in [1.807, 2.05) is 30.3 Å². The highest BCUT2D eigenvalue weighted by molar-refractivity contribution is 5.94. The second kappa shape index (κ2) is 6.59. The van der Waals surface area contributed by atoms with Gasteiger partial charge in [0.1, 0.15) is 6.61 Å². The maximum absolute atomic E-state index is 11.8. The van der Waals surface area contributed by atoms with Crippen LogP contribution in [0.1, 0.15) is 25.8 Å². The summed E-state index contributed by atoms with van der Waals surface area (Å²) in [5.41, 5.74) is 1.74. The van der Waals surface area contributed by atoms with Crippen LogP contribution in [0.25, 0.3) is 0 Å². The lowest BCUT2D eigenvalue weighted by atomic mass is 10.1. The summed E-state index contributed by atoms with van der Waals surface area (Å²) in [6, 6.07) is 9.25. The van der Waals surface area contributed by atoms with E-state index in [1.54, 1.807) is 13.8 Å². The highest BCUT2D eigenvalue weighted by Crippen LogP contribution is 2.12. The molecule has 18 heavy (non-hydrogen) atoms. The van der Waals surface area contributed by atoms with Crippen molar-refractivity contribution in [1.29, 1.82) is 0 Å². The Morgan fingerprint density at radius 1 is 1.17 bits per heavy atom. The van der Waals surface area contributed by atoms with Crippen LogP contribution in [-0.2, 0) is 20.9 Å². The molecular weight excluding hydrogens is 232 g/mol. The van der Waals surface area contributed by atoms with Gasteiger partial charge in [0.25, 0.3) is 0 Å². The first-order valence-corrected chi connectivity index (χ1v) is 5.60. The van der Waals surface area contributed by atoms with Gasteiger partial charge in [-0.15, -0.1) is 0 Å². The lowest BCUT2D eigenvalue weighted by molar-refractivity contribution is -0.143. The van der Waals surface area contributed by atoms with E-state index in [0.29, 0.717) is 5.57 Å². The molecule has 1 N–H and O–H groups in total. The first-order chi connectivity index (χ1) is 8.50. The highest BCUT2D eigenvalue weighted by atomic mass is 16.5. The summed E-state index contributed by atoms with van der Waals surface area (Å²) in [7, 11) is 0. The fraction of sp³-hybridized carbons (Fsp3) is 0.286. The molecule has 0 aliphatic heterocycles. The lowest BCUT2D eigenvalue weighted by Gasteiger charge is -2.08. The minimum Gasteiger partial charge on any atom is -0.481 e. The van der Waals surface area contributed by atoms with Crippen molar-refractivity contribution >= 4 is 11.9 Å². The van der Waals surface area contributed by atoms with Gasteiger partial charge in [0.15, 0.2) is 0 Å². The van der Waals surface area contributed by atoms with E-state index in [9.17, 15) is 9.59 Å². The number of benzene rings is 1. The number of carboxylic acids is 1. The number of allylic oxidation sites excluding steroid dienone is 1. The molecule has 0 bridgehead atoms. The summed E-state index contributed by atoms with van der Waals surface area (Å²) in [6.45, 7) is 3.54. The van der Waals surface area contributed by atoms with Crippen LogP contribution in [0.3, 0.4) is 0 Å². The predicted octanol–water partition coefficient (Wildman–Crippen LogP) is 2.54. The summed E-state index contributed by atoms with van der Waals surface area (Å²) >= 11 is 0. The van der Waals surface area contributed by atoms with Crippen molar-refractivity contribution in [2.45, 2.75) is 26.9 Å². The molecule has 0 atom stereocenters. The quantitative estimate of drug-likeness (QED) is 0.642. The summed E-state index contributed by atoms with van der Waals surface area (Å²) in [5.74, 6) is -1.61. The van der Waals surface area contributed by atoms with E-state index >= 15 is 0 Å². The Labute approximate surface area is 106 Å². The standard InChI is InChI=1S/C14H16O4/c1-10(2)12(8-13(15)16)14(17)18-9-11-6-4-3-5-7-11/h3-7H,8-9H2,1-2H3,(H,15,16). The zero-order valence-electron chi connectivity index (χ0n) is 10.5. The van der Waals surface area contributed by atoms with Gasteiger partial charge in [0, 0.05) is 5.57 Å². The van der Waals surface area contributed by atoms with E-state index in [1.165, 1.54) is 0 Å². The van der Waals surface area contributed by atoms with Crippen molar-refractivity contribution in [3.05, 3.63) is 47.0 Å². The van der Waals surface area contributed by atoms with Crippen molar-refractivity contribution in [3.8, 4) is 0 Å². The summed E-state index contributed by atoms with van der Waals surface area (Å²) in [5, 5.41) is 8.72. The summed E-state index contributed by atoms with van der Waals surface area (Å²) in [4.78, 5) is 22.4. The largest absolute Gasteiger partial charge is 0.481 e. The van der Waals surface area contributed by atoms with Crippen LogP contribution < -0.4 is 0 Å². The topological polar surface area (TPSA) is 63.6 Å². The molecule has 0 aromatic heterocycles. The zero-order chi connectivity index (χ0) is 13.5. The molecule has 0 aliphatic carbocycles. The highest BCUT2D eigenvalue weighted by Gasteiger charge is 2.16. The Morgan fingerprint density at radius 3 is 2.28 bits per heavy atom. The van der Waals surface area contributed by atoms with Gasteiger partial charge in [-0.25, -0.2) is 4.79 Å². The molecule has 1 aromatic rings. The van der Waals surface area contributed by atoms with Gasteiger partial charge in [-0.1, -0.05) is 35.9 Å². The van der Waals surface area contributed by atoms with E-state index < -0.39 is 11.9 Å². The van der Waals surface area contributed by atoms with Crippen LogP contribution in [-0.4, -0.2) is 17.0 Å². The summed E-state index contributed by atoms with van der Waals surface area (Å²) < 4.78 is 5.09. The maximum Gasteiger partial charge on any atom is 0.334 e. The molecule has 1 aromatic carbocycles. The van der Waals surface area contributed by atoms with Gasteiger partial charge in [-0.2, -0.15) is 0 Å². The average Bonchev–Trinajstić information content (AvgIpc) is 2.34. The molecule has 0 saturated carbocycles. The van der Waals surface area contributed by atoms with Crippen molar-refractivity contribution in [3.63, 3.8) is 0 Å². The van der Waals surface area contributed by atoms with Crippen LogP contribution in [0.4, 0.5) is 0 Å². The third-order valence-corrected chi connectivity index (χ3v) is 2.39. The lowest BCUT2D eigenvalue weighted by Crippen LogP contribution is -2.12. The van der Waals surface area contributed by atoms with Gasteiger partial charge >= 0.3 is 11.9 Å². The Bertz CT molecular complexity index is 456. The van der Waals surface area contributed by atoms with Gasteiger partial charge < -0.3 is 9.84 Å². The third-order valence-electron chi connectivity index (χ3n) is 2.39. The fourth-order valence-corrected chi connectivity index (χ4v) is 1.41. The Hall–Kier alpha value is -2.10. The van der Waals surface area contributed by atoms with Gasteiger partial charge in [0.2, 0.25) is 0 Å². The van der Waals surface area contributed by atoms with Gasteiger partial charge in [-0.05, 0) is 19.4 Å². The molecule has 0 saturated heterocycles. The van der Waals surface area contributed by atoms with Crippen LogP contribution in [0.5, 0.6) is 0 Å². The number of carboxylic acid groups (broad SMARTS) is 1. The minimum absolute atomic E-state index is 0.149. The van der Waals surface area contributed by atoms with Crippen LogP contribution in [0.15, 0.2) is 41.5 Å². The Kier molecular flexibility index (Phi) is 5.11. The average molecular weight is 248 g/mol. The number of rotatable bonds is 5. The first-order valence-electron chi connectivity index (χ1n) is 5.60. The van der Waals surface area contributed by atoms with Crippen LogP contribution in [0.2, 0.25) is 0 Å². The SMILES string of the molecule is CC(C)=C(CC(=O)O)C(=O)OCc1ccccc1. The van der Waals surface area contributed by atoms with Gasteiger partial charge in [0.05, 0.1) is 6.42 Å². The zero-order valence-corrected chi connectivity index (χ0v) is 10.5. The molecule has 0 amide bonds. The van der Waals surface area contributed by atoms with Crippen molar-refractivity contribution < 1.29 is 19.4 Å². The van der Waals surface area contributed by atoms with Crippen molar-refractivity contribution in [2.75, 3.05) is 0 Å². The normalized spacial score (nSPS) is 9.67. The number of esters is 1.